The van der Waals surface area contributed by atoms with Crippen molar-refractivity contribution in [3.8, 4) is 5.75 Å². The van der Waals surface area contributed by atoms with Crippen LogP contribution in [0.15, 0.2) is 42.5 Å². The number of hydrogen-bond donors (Lipinski definition) is 2. The lowest BCUT2D eigenvalue weighted by molar-refractivity contribution is -0.130. The lowest BCUT2D eigenvalue weighted by Gasteiger charge is -2.37. The van der Waals surface area contributed by atoms with Crippen LogP contribution in [0.5, 0.6) is 5.75 Å². The topological polar surface area (TPSA) is 120 Å². The van der Waals surface area contributed by atoms with Crippen LogP contribution in [-0.4, -0.2) is 96.6 Å². The van der Waals surface area contributed by atoms with Crippen LogP contribution in [0.4, 0.5) is 11.4 Å². The Kier molecular flexibility index (Phi) is 9.10. The number of carbonyl (C=O) groups is 3. The average Bonchev–Trinajstić information content (AvgIpc) is 3.25. The summed E-state index contributed by atoms with van der Waals surface area (Å²) in [6, 6.07) is 13.0. The quantitative estimate of drug-likeness (QED) is 0.440. The average molecular weight is 578 g/mol. The Morgan fingerprint density at radius 3 is 2.46 bits per heavy atom. The van der Waals surface area contributed by atoms with Crippen molar-refractivity contribution in [2.45, 2.75) is 19.8 Å². The number of carbonyl (C=O) groups excluding carboxylic acids is 3. The summed E-state index contributed by atoms with van der Waals surface area (Å²) in [7, 11) is 1.62. The van der Waals surface area contributed by atoms with Gasteiger partial charge in [-0.25, -0.2) is 0 Å². The molecule has 0 bridgehead atoms. The fourth-order valence-electron chi connectivity index (χ4n) is 5.12. The van der Waals surface area contributed by atoms with Gasteiger partial charge in [0, 0.05) is 51.4 Å². The molecule has 2 aromatic carbocycles. The Bertz CT molecular complexity index is 1380. The molecule has 2 N–H and O–H groups in total. The van der Waals surface area contributed by atoms with E-state index >= 15 is 0 Å². The van der Waals surface area contributed by atoms with Crippen LogP contribution < -0.4 is 20.3 Å². The van der Waals surface area contributed by atoms with Gasteiger partial charge in [0.25, 0.3) is 11.8 Å². The Morgan fingerprint density at radius 1 is 0.976 bits per heavy atom. The standard InChI is InChI=1S/C29H35N7O4S/c1-20-27(41-33-32-20)28(38)31-24-19-22(29(39)36-12-3-10-30-11-13-36)6-9-25(24)34-14-16-35(17-15-34)26(37)18-21-4-7-23(40-2)8-5-21/h4-9,19,30H,3,10-18H2,1-2H3,(H,31,38). The van der Waals surface area contributed by atoms with E-state index in [1.165, 1.54) is 0 Å². The second-order valence-corrected chi connectivity index (χ2v) is 10.9. The van der Waals surface area contributed by atoms with Gasteiger partial charge in [0.05, 0.1) is 30.6 Å². The number of aryl methyl sites for hydroxylation is 1. The number of anilines is 2. The van der Waals surface area contributed by atoms with E-state index < -0.39 is 0 Å². The SMILES string of the molecule is COc1ccc(CC(=O)N2CCN(c3ccc(C(=O)N4CCCNCC4)cc3NC(=O)c3snnc3C)CC2)cc1. The maximum atomic E-state index is 13.4. The molecule has 3 amide bonds. The molecule has 41 heavy (non-hydrogen) atoms. The smallest absolute Gasteiger partial charge is 0.269 e. The zero-order chi connectivity index (χ0) is 28.8. The summed E-state index contributed by atoms with van der Waals surface area (Å²) in [5.74, 6) is 0.469. The Balaban J connectivity index is 1.31. The lowest BCUT2D eigenvalue weighted by atomic mass is 10.1. The molecule has 0 atom stereocenters. The van der Waals surface area contributed by atoms with Crippen molar-refractivity contribution in [3.63, 3.8) is 0 Å². The molecule has 2 aliphatic rings. The summed E-state index contributed by atoms with van der Waals surface area (Å²) in [5.41, 5.74) is 3.39. The summed E-state index contributed by atoms with van der Waals surface area (Å²) >= 11 is 1.04. The van der Waals surface area contributed by atoms with Crippen molar-refractivity contribution < 1.29 is 19.1 Å². The molecule has 0 aliphatic carbocycles. The van der Waals surface area contributed by atoms with Crippen molar-refractivity contribution in [1.82, 2.24) is 24.7 Å². The largest absolute Gasteiger partial charge is 0.497 e. The third kappa shape index (κ3) is 6.83. The summed E-state index contributed by atoms with van der Waals surface area (Å²) < 4.78 is 9.09. The molecule has 3 heterocycles. The van der Waals surface area contributed by atoms with Gasteiger partial charge in [-0.3, -0.25) is 14.4 Å². The maximum Gasteiger partial charge on any atom is 0.269 e. The van der Waals surface area contributed by atoms with Gasteiger partial charge in [-0.1, -0.05) is 16.6 Å². The van der Waals surface area contributed by atoms with Crippen LogP contribution in [0, 0.1) is 6.92 Å². The highest BCUT2D eigenvalue weighted by molar-refractivity contribution is 7.08. The molecule has 2 saturated heterocycles. The van der Waals surface area contributed by atoms with Gasteiger partial charge in [0.2, 0.25) is 5.91 Å². The van der Waals surface area contributed by atoms with E-state index in [1.807, 2.05) is 46.2 Å². The second kappa shape index (κ2) is 13.1. The minimum Gasteiger partial charge on any atom is -0.497 e. The molecule has 216 valence electrons. The van der Waals surface area contributed by atoms with Crippen LogP contribution in [0.25, 0.3) is 0 Å². The number of rotatable bonds is 7. The number of benzene rings is 2. The fourth-order valence-corrected chi connectivity index (χ4v) is 5.67. The van der Waals surface area contributed by atoms with Crippen LogP contribution >= 0.6 is 11.5 Å². The van der Waals surface area contributed by atoms with E-state index in [1.54, 1.807) is 20.1 Å². The molecule has 12 heteroatoms. The van der Waals surface area contributed by atoms with Gasteiger partial charge in [0.15, 0.2) is 0 Å². The van der Waals surface area contributed by atoms with E-state index in [-0.39, 0.29) is 17.7 Å². The molecule has 0 spiro atoms. The number of ether oxygens (including phenoxy) is 1. The highest BCUT2D eigenvalue weighted by Gasteiger charge is 2.26. The lowest BCUT2D eigenvalue weighted by Crippen LogP contribution is -2.49. The van der Waals surface area contributed by atoms with Gasteiger partial charge in [-0.15, -0.1) is 5.10 Å². The van der Waals surface area contributed by atoms with Crippen LogP contribution in [0.1, 0.15) is 37.7 Å². The predicted molar refractivity (Wildman–Crippen MR) is 158 cm³/mol. The molecule has 0 saturated carbocycles. The molecular weight excluding hydrogens is 542 g/mol. The molecule has 0 unspecified atom stereocenters. The van der Waals surface area contributed by atoms with Gasteiger partial charge in [-0.05, 0) is 67.3 Å². The highest BCUT2D eigenvalue weighted by atomic mass is 32.1. The molecule has 1 aromatic heterocycles. The van der Waals surface area contributed by atoms with E-state index in [4.69, 9.17) is 4.74 Å². The van der Waals surface area contributed by atoms with E-state index in [2.05, 4.69) is 25.1 Å². The van der Waals surface area contributed by atoms with Crippen molar-refractivity contribution in [2.24, 2.45) is 0 Å². The highest BCUT2D eigenvalue weighted by Crippen LogP contribution is 2.30. The normalized spacial score (nSPS) is 15.8. The van der Waals surface area contributed by atoms with Crippen LogP contribution in [0.3, 0.4) is 0 Å². The number of methoxy groups -OCH3 is 1. The molecule has 11 nitrogen and oxygen atoms in total. The fraction of sp³-hybridized carbons (Fsp3) is 0.414. The minimum atomic E-state index is -0.310. The van der Waals surface area contributed by atoms with Crippen LogP contribution in [0.2, 0.25) is 0 Å². The van der Waals surface area contributed by atoms with E-state index in [9.17, 15) is 14.4 Å². The van der Waals surface area contributed by atoms with E-state index in [0.717, 1.165) is 48.0 Å². The number of aromatic nitrogens is 2. The minimum absolute atomic E-state index is 0.0552. The molecule has 0 radical (unpaired) electrons. The zero-order valence-electron chi connectivity index (χ0n) is 23.4. The molecule has 5 rings (SSSR count). The van der Waals surface area contributed by atoms with Crippen molar-refractivity contribution in [3.05, 3.63) is 64.2 Å². The Hall–Kier alpha value is -4.03. The monoisotopic (exact) mass is 577 g/mol. The first kappa shape index (κ1) is 28.5. The van der Waals surface area contributed by atoms with Crippen LogP contribution in [-0.2, 0) is 11.2 Å². The van der Waals surface area contributed by atoms with Crippen molar-refractivity contribution in [1.29, 1.82) is 0 Å². The summed E-state index contributed by atoms with van der Waals surface area (Å²) in [6.07, 6.45) is 1.23. The number of piperazine rings is 1. The van der Waals surface area contributed by atoms with Gasteiger partial charge >= 0.3 is 0 Å². The molecule has 2 fully saturated rings. The number of hydrogen-bond acceptors (Lipinski definition) is 9. The number of nitrogens with zero attached hydrogens (tertiary/aromatic N) is 5. The summed E-state index contributed by atoms with van der Waals surface area (Å²) in [4.78, 5) is 45.8. The first-order valence-corrected chi connectivity index (χ1v) is 14.6. The van der Waals surface area contributed by atoms with Gasteiger partial charge in [-0.2, -0.15) is 0 Å². The van der Waals surface area contributed by atoms with E-state index in [0.29, 0.717) is 67.5 Å². The molecule has 3 aromatic rings. The zero-order valence-corrected chi connectivity index (χ0v) is 24.2. The predicted octanol–water partition coefficient (Wildman–Crippen LogP) is 2.43. The first-order valence-electron chi connectivity index (χ1n) is 13.8. The maximum absolute atomic E-state index is 13.4. The number of nitrogens with one attached hydrogen (secondary N) is 2. The molecular formula is C29H35N7O4S. The number of amides is 3. The van der Waals surface area contributed by atoms with Crippen molar-refractivity contribution in [2.75, 3.05) is 69.7 Å². The molecule has 2 aliphatic heterocycles. The Labute approximate surface area is 243 Å². The second-order valence-electron chi connectivity index (χ2n) is 10.2. The van der Waals surface area contributed by atoms with Gasteiger partial charge in [0.1, 0.15) is 10.6 Å². The van der Waals surface area contributed by atoms with Crippen molar-refractivity contribution >= 4 is 40.6 Å². The summed E-state index contributed by atoms with van der Waals surface area (Å²) in [6.45, 7) is 7.03. The Morgan fingerprint density at radius 2 is 1.76 bits per heavy atom. The third-order valence-corrected chi connectivity index (χ3v) is 8.29. The third-order valence-electron chi connectivity index (χ3n) is 7.46. The van der Waals surface area contributed by atoms with Gasteiger partial charge < -0.3 is 30.1 Å². The summed E-state index contributed by atoms with van der Waals surface area (Å²) in [5, 5.41) is 10.3. The first-order chi connectivity index (χ1) is 19.9.